The van der Waals surface area contributed by atoms with Gasteiger partial charge in [0.2, 0.25) is 5.88 Å². The van der Waals surface area contributed by atoms with Crippen molar-refractivity contribution in [3.8, 4) is 5.88 Å². The molecule has 0 saturated carbocycles. The van der Waals surface area contributed by atoms with Crippen LogP contribution in [0.3, 0.4) is 0 Å². The minimum atomic E-state index is 0.108. The van der Waals surface area contributed by atoms with Gasteiger partial charge in [-0.05, 0) is 52.3 Å². The Labute approximate surface area is 127 Å². The van der Waals surface area contributed by atoms with E-state index in [2.05, 4.69) is 49.3 Å². The minimum Gasteiger partial charge on any atom is -0.473 e. The number of nitrogens with zero attached hydrogens (tertiary/aromatic N) is 1. The molecule has 1 aromatic carbocycles. The van der Waals surface area contributed by atoms with E-state index in [1.54, 1.807) is 6.20 Å². The van der Waals surface area contributed by atoms with E-state index >= 15 is 0 Å². The highest BCUT2D eigenvalue weighted by Gasteiger charge is 2.11. The predicted molar refractivity (Wildman–Crippen MR) is 88.0 cm³/mol. The van der Waals surface area contributed by atoms with Crippen LogP contribution in [-0.2, 0) is 0 Å². The Bertz CT molecular complexity index is 588. The van der Waals surface area contributed by atoms with Crippen molar-refractivity contribution < 1.29 is 4.74 Å². The summed E-state index contributed by atoms with van der Waals surface area (Å²) in [5.74, 6) is 0.656. The zero-order chi connectivity index (χ0) is 15.4. The van der Waals surface area contributed by atoms with Crippen molar-refractivity contribution >= 4 is 5.69 Å². The maximum absolute atomic E-state index is 5.76. The SMILES string of the molecule is Cc1cc(C)cc(C(C)Nc2cccnc2OC(C)C)c1. The molecule has 1 atom stereocenters. The van der Waals surface area contributed by atoms with Crippen LogP contribution < -0.4 is 10.1 Å². The Morgan fingerprint density at radius 3 is 2.33 bits per heavy atom. The molecular formula is C18H24N2O. The lowest BCUT2D eigenvalue weighted by molar-refractivity contribution is 0.234. The molecule has 3 heteroatoms. The van der Waals surface area contributed by atoms with E-state index in [1.807, 2.05) is 26.0 Å². The van der Waals surface area contributed by atoms with Crippen LogP contribution in [0.1, 0.15) is 43.5 Å². The summed E-state index contributed by atoms with van der Waals surface area (Å²) in [7, 11) is 0. The first-order valence-corrected chi connectivity index (χ1v) is 7.42. The summed E-state index contributed by atoms with van der Waals surface area (Å²) in [6.07, 6.45) is 1.86. The molecule has 2 rings (SSSR count). The normalized spacial score (nSPS) is 12.3. The summed E-state index contributed by atoms with van der Waals surface area (Å²) >= 11 is 0. The summed E-state index contributed by atoms with van der Waals surface area (Å²) in [4.78, 5) is 4.32. The lowest BCUT2D eigenvalue weighted by atomic mass is 10.0. The Balaban J connectivity index is 2.21. The maximum atomic E-state index is 5.76. The topological polar surface area (TPSA) is 34.2 Å². The molecule has 21 heavy (non-hydrogen) atoms. The van der Waals surface area contributed by atoms with E-state index in [0.717, 1.165) is 5.69 Å². The van der Waals surface area contributed by atoms with E-state index in [9.17, 15) is 0 Å². The fourth-order valence-electron chi connectivity index (χ4n) is 2.39. The molecule has 1 aromatic heterocycles. The number of pyridine rings is 1. The number of benzene rings is 1. The van der Waals surface area contributed by atoms with Crippen LogP contribution in [0.5, 0.6) is 5.88 Å². The van der Waals surface area contributed by atoms with Crippen molar-refractivity contribution in [1.29, 1.82) is 0 Å². The van der Waals surface area contributed by atoms with Gasteiger partial charge in [0.15, 0.2) is 0 Å². The summed E-state index contributed by atoms with van der Waals surface area (Å²) in [6, 6.07) is 10.7. The zero-order valence-corrected chi connectivity index (χ0v) is 13.5. The number of hydrogen-bond donors (Lipinski definition) is 1. The monoisotopic (exact) mass is 284 g/mol. The minimum absolute atomic E-state index is 0.108. The molecule has 1 heterocycles. The molecule has 0 aliphatic rings. The van der Waals surface area contributed by atoms with E-state index < -0.39 is 0 Å². The Morgan fingerprint density at radius 1 is 1.05 bits per heavy atom. The van der Waals surface area contributed by atoms with Crippen LogP contribution in [0.2, 0.25) is 0 Å². The lowest BCUT2D eigenvalue weighted by Crippen LogP contribution is -2.12. The molecule has 1 unspecified atom stereocenters. The highest BCUT2D eigenvalue weighted by atomic mass is 16.5. The van der Waals surface area contributed by atoms with Crippen LogP contribution in [0.15, 0.2) is 36.5 Å². The molecule has 0 spiro atoms. The first-order chi connectivity index (χ1) is 9.95. The van der Waals surface area contributed by atoms with E-state index in [0.29, 0.717) is 5.88 Å². The quantitative estimate of drug-likeness (QED) is 0.867. The van der Waals surface area contributed by atoms with E-state index in [4.69, 9.17) is 4.74 Å². The number of nitrogens with one attached hydrogen (secondary N) is 1. The second-order valence-corrected chi connectivity index (χ2v) is 5.81. The van der Waals surface area contributed by atoms with Gasteiger partial charge in [-0.3, -0.25) is 0 Å². The molecule has 0 bridgehead atoms. The second-order valence-electron chi connectivity index (χ2n) is 5.81. The first-order valence-electron chi connectivity index (χ1n) is 7.42. The fraction of sp³-hybridized carbons (Fsp3) is 0.389. The van der Waals surface area contributed by atoms with Crippen molar-refractivity contribution in [2.75, 3.05) is 5.32 Å². The molecule has 0 radical (unpaired) electrons. The van der Waals surface area contributed by atoms with Crippen molar-refractivity contribution in [1.82, 2.24) is 4.98 Å². The molecule has 0 saturated heterocycles. The standard InChI is InChI=1S/C18H24N2O/c1-12(2)21-18-17(7-6-8-19-18)20-15(5)16-10-13(3)9-14(4)11-16/h6-12,15,20H,1-5H3. The van der Waals surface area contributed by atoms with Gasteiger partial charge in [-0.15, -0.1) is 0 Å². The summed E-state index contributed by atoms with van der Waals surface area (Å²) < 4.78 is 5.76. The van der Waals surface area contributed by atoms with E-state index in [1.165, 1.54) is 16.7 Å². The van der Waals surface area contributed by atoms with E-state index in [-0.39, 0.29) is 12.1 Å². The average molecular weight is 284 g/mol. The van der Waals surface area contributed by atoms with Gasteiger partial charge in [-0.2, -0.15) is 0 Å². The smallest absolute Gasteiger partial charge is 0.237 e. The summed E-state index contributed by atoms with van der Waals surface area (Å²) in [5, 5.41) is 3.50. The summed E-state index contributed by atoms with van der Waals surface area (Å²) in [5.41, 5.74) is 4.76. The van der Waals surface area contributed by atoms with Crippen molar-refractivity contribution in [3.05, 3.63) is 53.2 Å². The third-order valence-corrected chi connectivity index (χ3v) is 3.23. The molecule has 112 valence electrons. The number of hydrogen-bond acceptors (Lipinski definition) is 3. The number of ether oxygens (including phenoxy) is 1. The molecule has 0 amide bonds. The number of aromatic nitrogens is 1. The predicted octanol–water partition coefficient (Wildman–Crippen LogP) is 4.66. The fourth-order valence-corrected chi connectivity index (χ4v) is 2.39. The molecule has 0 aliphatic heterocycles. The molecule has 0 aliphatic carbocycles. The molecule has 1 N–H and O–H groups in total. The van der Waals surface area contributed by atoms with Gasteiger partial charge in [-0.1, -0.05) is 29.3 Å². The first kappa shape index (κ1) is 15.4. The van der Waals surface area contributed by atoms with Gasteiger partial charge in [-0.25, -0.2) is 4.98 Å². The Morgan fingerprint density at radius 2 is 1.71 bits per heavy atom. The Kier molecular flexibility index (Phi) is 4.84. The maximum Gasteiger partial charge on any atom is 0.237 e. The third kappa shape index (κ3) is 4.22. The van der Waals surface area contributed by atoms with Crippen LogP contribution in [0.25, 0.3) is 0 Å². The van der Waals surface area contributed by atoms with Crippen molar-refractivity contribution in [2.45, 2.75) is 46.8 Å². The average Bonchev–Trinajstić information content (AvgIpc) is 2.39. The molecule has 3 nitrogen and oxygen atoms in total. The van der Waals surface area contributed by atoms with Crippen LogP contribution in [0, 0.1) is 13.8 Å². The number of anilines is 1. The van der Waals surface area contributed by atoms with Crippen LogP contribution >= 0.6 is 0 Å². The summed E-state index contributed by atoms with van der Waals surface area (Å²) in [6.45, 7) is 10.4. The number of rotatable bonds is 5. The van der Waals surface area contributed by atoms with Gasteiger partial charge in [0.05, 0.1) is 11.8 Å². The van der Waals surface area contributed by atoms with Gasteiger partial charge >= 0.3 is 0 Å². The highest BCUT2D eigenvalue weighted by Crippen LogP contribution is 2.27. The van der Waals surface area contributed by atoms with Gasteiger partial charge in [0, 0.05) is 12.2 Å². The van der Waals surface area contributed by atoms with Gasteiger partial charge < -0.3 is 10.1 Å². The number of aryl methyl sites for hydroxylation is 2. The van der Waals surface area contributed by atoms with Crippen LogP contribution in [-0.4, -0.2) is 11.1 Å². The highest BCUT2D eigenvalue weighted by molar-refractivity contribution is 5.53. The van der Waals surface area contributed by atoms with Crippen molar-refractivity contribution in [3.63, 3.8) is 0 Å². The largest absolute Gasteiger partial charge is 0.473 e. The Hall–Kier alpha value is -2.03. The molecule has 2 aromatic rings. The zero-order valence-electron chi connectivity index (χ0n) is 13.5. The molecular weight excluding hydrogens is 260 g/mol. The lowest BCUT2D eigenvalue weighted by Gasteiger charge is -2.19. The van der Waals surface area contributed by atoms with Crippen molar-refractivity contribution in [2.24, 2.45) is 0 Å². The van der Waals surface area contributed by atoms with Gasteiger partial charge in [0.25, 0.3) is 0 Å². The van der Waals surface area contributed by atoms with Crippen LogP contribution in [0.4, 0.5) is 5.69 Å². The second kappa shape index (κ2) is 6.61. The van der Waals surface area contributed by atoms with Gasteiger partial charge in [0.1, 0.15) is 0 Å². The molecule has 0 fully saturated rings. The third-order valence-electron chi connectivity index (χ3n) is 3.23.